The quantitative estimate of drug-likeness (QED) is 0.662. The van der Waals surface area contributed by atoms with Crippen LogP contribution in [0.3, 0.4) is 0 Å². The molecular formula is C22H26ClF2N3O2. The van der Waals surface area contributed by atoms with Crippen molar-refractivity contribution in [3.05, 3.63) is 52.6 Å². The van der Waals surface area contributed by atoms with E-state index in [0.717, 1.165) is 31.2 Å². The smallest absolute Gasteiger partial charge is 0.297 e. The molecular weight excluding hydrogens is 412 g/mol. The molecule has 1 aliphatic carbocycles. The number of hydrogen-bond acceptors (Lipinski definition) is 4. The van der Waals surface area contributed by atoms with Crippen LogP contribution in [0.15, 0.2) is 30.6 Å². The molecule has 0 aliphatic heterocycles. The number of amides is 1. The Morgan fingerprint density at radius 3 is 2.40 bits per heavy atom. The van der Waals surface area contributed by atoms with Gasteiger partial charge in [0.1, 0.15) is 5.75 Å². The minimum Gasteiger partial charge on any atom is -0.495 e. The third-order valence-corrected chi connectivity index (χ3v) is 6.45. The van der Waals surface area contributed by atoms with Crippen LogP contribution < -0.4 is 10.1 Å². The van der Waals surface area contributed by atoms with E-state index in [1.54, 1.807) is 18.2 Å². The van der Waals surface area contributed by atoms with Gasteiger partial charge >= 0.3 is 0 Å². The number of carbonyl (C=O) groups excluding carboxylic acids is 1. The molecule has 1 saturated carbocycles. The largest absolute Gasteiger partial charge is 0.495 e. The molecule has 2 aromatic rings. The minimum atomic E-state index is -2.71. The molecule has 8 heteroatoms. The lowest BCUT2D eigenvalue weighted by molar-refractivity contribution is 0.0920. The van der Waals surface area contributed by atoms with Crippen LogP contribution in [0.4, 0.5) is 8.78 Å². The molecule has 0 radical (unpaired) electrons. The van der Waals surface area contributed by atoms with E-state index in [-0.39, 0.29) is 16.3 Å². The first-order chi connectivity index (χ1) is 14.2. The van der Waals surface area contributed by atoms with E-state index < -0.39 is 17.7 Å². The Morgan fingerprint density at radius 2 is 1.83 bits per heavy atom. The highest BCUT2D eigenvalue weighted by molar-refractivity contribution is 6.35. The zero-order valence-electron chi connectivity index (χ0n) is 17.3. The molecule has 5 nitrogen and oxygen atoms in total. The average Bonchev–Trinajstić information content (AvgIpc) is 2.73. The van der Waals surface area contributed by atoms with Gasteiger partial charge in [0.2, 0.25) is 0 Å². The maximum Gasteiger partial charge on any atom is 0.297 e. The molecule has 0 bridgehead atoms. The predicted molar refractivity (Wildman–Crippen MR) is 111 cm³/mol. The van der Waals surface area contributed by atoms with Crippen LogP contribution in [0.2, 0.25) is 5.02 Å². The summed E-state index contributed by atoms with van der Waals surface area (Å²) in [6.07, 6.45) is 3.70. The van der Waals surface area contributed by atoms with Crippen molar-refractivity contribution >= 4 is 17.5 Å². The average molecular weight is 438 g/mol. The zero-order valence-corrected chi connectivity index (χ0v) is 18.1. The summed E-state index contributed by atoms with van der Waals surface area (Å²) in [4.78, 5) is 20.5. The molecule has 162 valence electrons. The fourth-order valence-electron chi connectivity index (χ4n) is 3.89. The van der Waals surface area contributed by atoms with Gasteiger partial charge in [0.25, 0.3) is 12.3 Å². The second-order valence-electron chi connectivity index (χ2n) is 8.58. The molecule has 0 atom stereocenters. The normalized spacial score (nSPS) is 17.6. The molecule has 0 spiro atoms. The van der Waals surface area contributed by atoms with Gasteiger partial charge in [-0.25, -0.2) is 18.7 Å². The molecule has 1 aliphatic rings. The molecule has 3 rings (SSSR count). The number of ether oxygens (including phenoxy) is 1. The number of hydrogen-bond donors (Lipinski definition) is 1. The third kappa shape index (κ3) is 4.72. The van der Waals surface area contributed by atoms with Gasteiger partial charge in [-0.1, -0.05) is 31.5 Å². The van der Waals surface area contributed by atoms with Gasteiger partial charge in [0, 0.05) is 24.4 Å². The summed E-state index contributed by atoms with van der Waals surface area (Å²) in [7, 11) is 1.49. The summed E-state index contributed by atoms with van der Waals surface area (Å²) in [6, 6.07) is 5.03. The minimum absolute atomic E-state index is 0.188. The van der Waals surface area contributed by atoms with Gasteiger partial charge in [-0.3, -0.25) is 4.79 Å². The Kier molecular flexibility index (Phi) is 6.60. The molecule has 1 aromatic carbocycles. The topological polar surface area (TPSA) is 64.1 Å². The van der Waals surface area contributed by atoms with E-state index in [1.165, 1.54) is 19.5 Å². The Bertz CT molecular complexity index is 894. The Labute approximate surface area is 180 Å². The predicted octanol–water partition coefficient (Wildman–Crippen LogP) is 5.34. The van der Waals surface area contributed by atoms with Crippen molar-refractivity contribution in [1.82, 2.24) is 15.3 Å². The number of nitrogens with zero attached hydrogens (tertiary/aromatic N) is 2. The first kappa shape index (κ1) is 22.4. The zero-order chi connectivity index (χ0) is 21.9. The highest BCUT2D eigenvalue weighted by Gasteiger charge is 2.40. The lowest BCUT2D eigenvalue weighted by Gasteiger charge is -2.43. The molecule has 1 fully saturated rings. The lowest BCUT2D eigenvalue weighted by Crippen LogP contribution is -2.45. The van der Waals surface area contributed by atoms with E-state index in [2.05, 4.69) is 29.1 Å². The third-order valence-electron chi connectivity index (χ3n) is 6.06. The van der Waals surface area contributed by atoms with Crippen LogP contribution in [0, 0.1) is 5.41 Å². The summed E-state index contributed by atoms with van der Waals surface area (Å²) in [5, 5.41) is 3.23. The molecule has 1 amide bonds. The standard InChI is InChI=1S/C22H26ClF2N3O2/c1-21(2)7-9-22(10-8-21,14-11-26-19(18(24)25)27-12-14)13-28-20(29)15-5-4-6-16(30-3)17(15)23/h4-6,11-12,18H,7-10,13H2,1-3H3,(H,28,29). The molecule has 30 heavy (non-hydrogen) atoms. The molecule has 0 saturated heterocycles. The molecule has 1 aromatic heterocycles. The van der Waals surface area contributed by atoms with Crippen molar-refractivity contribution in [3.63, 3.8) is 0 Å². The van der Waals surface area contributed by atoms with Crippen molar-refractivity contribution in [2.45, 2.75) is 51.4 Å². The van der Waals surface area contributed by atoms with Gasteiger partial charge in [0.15, 0.2) is 5.82 Å². The number of alkyl halides is 2. The van der Waals surface area contributed by atoms with Gasteiger partial charge in [-0.05, 0) is 48.8 Å². The highest BCUT2D eigenvalue weighted by atomic mass is 35.5. The summed E-state index contributed by atoms with van der Waals surface area (Å²) in [5.74, 6) is -0.375. The fraction of sp³-hybridized carbons (Fsp3) is 0.500. The summed E-state index contributed by atoms with van der Waals surface area (Å²) in [6.45, 7) is 4.76. The summed E-state index contributed by atoms with van der Waals surface area (Å²) >= 11 is 6.28. The second kappa shape index (κ2) is 8.84. The van der Waals surface area contributed by atoms with Crippen LogP contribution in [-0.2, 0) is 5.41 Å². The van der Waals surface area contributed by atoms with Crippen LogP contribution in [0.5, 0.6) is 5.75 Å². The number of rotatable bonds is 6. The van der Waals surface area contributed by atoms with Crippen molar-refractivity contribution in [2.24, 2.45) is 5.41 Å². The van der Waals surface area contributed by atoms with Crippen molar-refractivity contribution in [1.29, 1.82) is 0 Å². The monoisotopic (exact) mass is 437 g/mol. The van der Waals surface area contributed by atoms with Gasteiger partial charge in [-0.15, -0.1) is 0 Å². The van der Waals surface area contributed by atoms with Crippen LogP contribution >= 0.6 is 11.6 Å². The second-order valence-corrected chi connectivity index (χ2v) is 8.96. The Balaban J connectivity index is 1.84. The van der Waals surface area contributed by atoms with Crippen LogP contribution in [-0.4, -0.2) is 29.5 Å². The maximum atomic E-state index is 12.9. The maximum absolute atomic E-state index is 12.9. The van der Waals surface area contributed by atoms with Gasteiger partial charge in [-0.2, -0.15) is 0 Å². The summed E-state index contributed by atoms with van der Waals surface area (Å²) < 4.78 is 30.9. The Hall–Kier alpha value is -2.28. The number of benzene rings is 1. The number of methoxy groups -OCH3 is 1. The lowest BCUT2D eigenvalue weighted by atomic mass is 9.63. The Morgan fingerprint density at radius 1 is 1.20 bits per heavy atom. The number of nitrogens with one attached hydrogen (secondary N) is 1. The van der Waals surface area contributed by atoms with E-state index >= 15 is 0 Å². The SMILES string of the molecule is COc1cccc(C(=O)NCC2(c3cnc(C(F)F)nc3)CCC(C)(C)CC2)c1Cl. The van der Waals surface area contributed by atoms with Gasteiger partial charge in [0.05, 0.1) is 17.7 Å². The molecule has 1 N–H and O–H groups in total. The van der Waals surface area contributed by atoms with Crippen LogP contribution in [0.1, 0.15) is 67.7 Å². The molecule has 1 heterocycles. The number of carbonyl (C=O) groups is 1. The van der Waals surface area contributed by atoms with E-state index in [0.29, 0.717) is 17.9 Å². The van der Waals surface area contributed by atoms with E-state index in [9.17, 15) is 13.6 Å². The number of aromatic nitrogens is 2. The molecule has 0 unspecified atom stereocenters. The van der Waals surface area contributed by atoms with Gasteiger partial charge < -0.3 is 10.1 Å². The first-order valence-corrected chi connectivity index (χ1v) is 10.3. The highest BCUT2D eigenvalue weighted by Crippen LogP contribution is 2.46. The first-order valence-electron chi connectivity index (χ1n) is 9.89. The number of halogens is 3. The fourth-order valence-corrected chi connectivity index (χ4v) is 4.17. The van der Waals surface area contributed by atoms with Crippen molar-refractivity contribution in [3.8, 4) is 5.75 Å². The van der Waals surface area contributed by atoms with E-state index in [4.69, 9.17) is 16.3 Å². The van der Waals surface area contributed by atoms with Crippen molar-refractivity contribution < 1.29 is 18.3 Å². The van der Waals surface area contributed by atoms with E-state index in [1.807, 2.05) is 0 Å². The summed E-state index contributed by atoms with van der Waals surface area (Å²) in [5.41, 5.74) is 0.857. The van der Waals surface area contributed by atoms with Crippen molar-refractivity contribution in [2.75, 3.05) is 13.7 Å². The van der Waals surface area contributed by atoms with Crippen LogP contribution in [0.25, 0.3) is 0 Å².